The molecule has 1 amide bonds. The van der Waals surface area contributed by atoms with Crippen molar-refractivity contribution in [2.45, 2.75) is 6.92 Å². The van der Waals surface area contributed by atoms with E-state index in [1.54, 1.807) is 6.92 Å². The SMILES string of the molecule is CCONC(=O)c1cc(Br)cc([N+](=O)[O-])c1. The van der Waals surface area contributed by atoms with Gasteiger partial charge in [-0.15, -0.1) is 0 Å². The molecule has 7 heteroatoms. The standard InChI is InChI=1S/C9H9BrN2O4/c1-2-16-11-9(13)6-3-7(10)5-8(4-6)12(14)15/h3-5H,2H2,1H3,(H,11,13). The molecule has 16 heavy (non-hydrogen) atoms. The second-order valence-electron chi connectivity index (χ2n) is 2.82. The smallest absolute Gasteiger partial charge is 0.274 e. The summed E-state index contributed by atoms with van der Waals surface area (Å²) in [6.45, 7) is 2.03. The number of carbonyl (C=O) groups is 1. The fraction of sp³-hybridized carbons (Fsp3) is 0.222. The highest BCUT2D eigenvalue weighted by Crippen LogP contribution is 2.21. The number of halogens is 1. The Hall–Kier alpha value is -1.47. The van der Waals surface area contributed by atoms with Crippen LogP contribution in [0, 0.1) is 10.1 Å². The molecule has 0 heterocycles. The Labute approximate surface area is 99.8 Å². The number of carbonyl (C=O) groups excluding carboxylic acids is 1. The minimum atomic E-state index is -0.567. The molecule has 0 fully saturated rings. The maximum absolute atomic E-state index is 11.5. The highest BCUT2D eigenvalue weighted by atomic mass is 79.9. The number of nitrogens with zero attached hydrogens (tertiary/aromatic N) is 1. The van der Waals surface area contributed by atoms with Crippen molar-refractivity contribution in [2.75, 3.05) is 6.61 Å². The average molecular weight is 289 g/mol. The quantitative estimate of drug-likeness (QED) is 0.679. The van der Waals surface area contributed by atoms with Gasteiger partial charge < -0.3 is 0 Å². The number of benzene rings is 1. The van der Waals surface area contributed by atoms with Gasteiger partial charge in [0.1, 0.15) is 0 Å². The molecule has 0 atom stereocenters. The first kappa shape index (κ1) is 12.6. The predicted molar refractivity (Wildman–Crippen MR) is 59.9 cm³/mol. The Morgan fingerprint density at radius 1 is 1.56 bits per heavy atom. The summed E-state index contributed by atoms with van der Waals surface area (Å²) in [4.78, 5) is 26.2. The molecule has 1 rings (SSSR count). The second-order valence-corrected chi connectivity index (χ2v) is 3.74. The van der Waals surface area contributed by atoms with Gasteiger partial charge in [-0.05, 0) is 13.0 Å². The Morgan fingerprint density at radius 3 is 2.81 bits per heavy atom. The number of nitrogens with one attached hydrogen (secondary N) is 1. The highest BCUT2D eigenvalue weighted by Gasteiger charge is 2.13. The molecule has 0 aliphatic rings. The Morgan fingerprint density at radius 2 is 2.25 bits per heavy atom. The van der Waals surface area contributed by atoms with E-state index in [2.05, 4.69) is 21.4 Å². The van der Waals surface area contributed by atoms with Crippen molar-refractivity contribution in [3.05, 3.63) is 38.3 Å². The Bertz CT molecular complexity index is 422. The summed E-state index contributed by atoms with van der Waals surface area (Å²) in [6, 6.07) is 3.97. The lowest BCUT2D eigenvalue weighted by atomic mass is 10.2. The normalized spacial score (nSPS) is 9.88. The molecule has 0 bridgehead atoms. The fourth-order valence-electron chi connectivity index (χ4n) is 1.01. The lowest BCUT2D eigenvalue weighted by molar-refractivity contribution is -0.385. The van der Waals surface area contributed by atoms with Crippen LogP contribution in [0.5, 0.6) is 0 Å². The first-order valence-corrected chi connectivity index (χ1v) is 5.21. The second kappa shape index (κ2) is 5.57. The van der Waals surface area contributed by atoms with Crippen molar-refractivity contribution in [1.29, 1.82) is 0 Å². The van der Waals surface area contributed by atoms with Crippen molar-refractivity contribution in [3.8, 4) is 0 Å². The molecule has 1 aromatic rings. The lowest BCUT2D eigenvalue weighted by Crippen LogP contribution is -2.23. The van der Waals surface area contributed by atoms with Gasteiger partial charge in [-0.3, -0.25) is 19.7 Å². The maximum Gasteiger partial charge on any atom is 0.275 e. The van der Waals surface area contributed by atoms with Crippen LogP contribution in [0.15, 0.2) is 22.7 Å². The molecule has 0 spiro atoms. The van der Waals surface area contributed by atoms with Gasteiger partial charge in [-0.1, -0.05) is 15.9 Å². The number of hydroxylamine groups is 1. The zero-order chi connectivity index (χ0) is 12.1. The lowest BCUT2D eigenvalue weighted by Gasteiger charge is -2.04. The largest absolute Gasteiger partial charge is 0.275 e. The van der Waals surface area contributed by atoms with Crippen LogP contribution < -0.4 is 5.48 Å². The molecule has 1 N–H and O–H groups in total. The third kappa shape index (κ3) is 3.28. The summed E-state index contributed by atoms with van der Waals surface area (Å²) in [5.74, 6) is -0.522. The van der Waals surface area contributed by atoms with Gasteiger partial charge in [0.2, 0.25) is 0 Å². The number of amides is 1. The van der Waals surface area contributed by atoms with Gasteiger partial charge >= 0.3 is 0 Å². The predicted octanol–water partition coefficient (Wildman–Crippen LogP) is 2.04. The van der Waals surface area contributed by atoms with Gasteiger partial charge in [-0.2, -0.15) is 0 Å². The minimum Gasteiger partial charge on any atom is -0.274 e. The van der Waals surface area contributed by atoms with Crippen molar-refractivity contribution >= 4 is 27.5 Å². The third-order valence-corrected chi connectivity index (χ3v) is 2.12. The zero-order valence-electron chi connectivity index (χ0n) is 8.40. The van der Waals surface area contributed by atoms with Crippen molar-refractivity contribution in [3.63, 3.8) is 0 Å². The topological polar surface area (TPSA) is 81.5 Å². The first-order valence-electron chi connectivity index (χ1n) is 4.41. The van der Waals surface area contributed by atoms with E-state index in [-0.39, 0.29) is 11.3 Å². The van der Waals surface area contributed by atoms with Crippen LogP contribution in [0.2, 0.25) is 0 Å². The Balaban J connectivity index is 2.95. The molecule has 0 aromatic heterocycles. The summed E-state index contributed by atoms with van der Waals surface area (Å²) < 4.78 is 0.461. The van der Waals surface area contributed by atoms with E-state index in [0.29, 0.717) is 11.1 Å². The van der Waals surface area contributed by atoms with Gasteiger partial charge in [-0.25, -0.2) is 5.48 Å². The summed E-state index contributed by atoms with van der Waals surface area (Å²) in [6.07, 6.45) is 0. The molecule has 1 aromatic carbocycles. The first-order chi connectivity index (χ1) is 7.54. The average Bonchev–Trinajstić information content (AvgIpc) is 2.24. The number of hydrogen-bond acceptors (Lipinski definition) is 4. The molecule has 0 radical (unpaired) electrons. The maximum atomic E-state index is 11.5. The van der Waals surface area contributed by atoms with E-state index < -0.39 is 10.8 Å². The number of rotatable bonds is 4. The van der Waals surface area contributed by atoms with Crippen LogP contribution in [-0.2, 0) is 4.84 Å². The number of hydrogen-bond donors (Lipinski definition) is 1. The summed E-state index contributed by atoms with van der Waals surface area (Å²) >= 11 is 3.09. The molecular formula is C9H9BrN2O4. The molecule has 86 valence electrons. The number of nitro benzene ring substituents is 1. The molecular weight excluding hydrogens is 280 g/mol. The molecule has 6 nitrogen and oxygen atoms in total. The van der Waals surface area contributed by atoms with E-state index in [1.807, 2.05) is 0 Å². The van der Waals surface area contributed by atoms with E-state index >= 15 is 0 Å². The van der Waals surface area contributed by atoms with E-state index in [4.69, 9.17) is 4.84 Å². The molecule has 0 unspecified atom stereocenters. The molecule has 0 saturated carbocycles. The van der Waals surface area contributed by atoms with Gasteiger partial charge in [0, 0.05) is 22.2 Å². The van der Waals surface area contributed by atoms with Crippen LogP contribution >= 0.6 is 15.9 Å². The molecule has 0 aliphatic heterocycles. The van der Waals surface area contributed by atoms with Crippen LogP contribution in [-0.4, -0.2) is 17.4 Å². The Kier molecular flexibility index (Phi) is 4.39. The summed E-state index contributed by atoms with van der Waals surface area (Å²) in [7, 11) is 0. The molecule has 0 saturated heterocycles. The fourth-order valence-corrected chi connectivity index (χ4v) is 1.49. The van der Waals surface area contributed by atoms with Gasteiger partial charge in [0.15, 0.2) is 0 Å². The summed E-state index contributed by atoms with van der Waals surface area (Å²) in [5.41, 5.74) is 2.16. The zero-order valence-corrected chi connectivity index (χ0v) is 9.98. The van der Waals surface area contributed by atoms with Gasteiger partial charge in [0.05, 0.1) is 11.5 Å². The van der Waals surface area contributed by atoms with Crippen molar-refractivity contribution < 1.29 is 14.6 Å². The van der Waals surface area contributed by atoms with Crippen LogP contribution in [0.4, 0.5) is 5.69 Å². The van der Waals surface area contributed by atoms with Crippen molar-refractivity contribution in [2.24, 2.45) is 0 Å². The minimum absolute atomic E-state index is 0.156. The third-order valence-electron chi connectivity index (χ3n) is 1.66. The van der Waals surface area contributed by atoms with E-state index in [9.17, 15) is 14.9 Å². The van der Waals surface area contributed by atoms with Crippen LogP contribution in [0.25, 0.3) is 0 Å². The number of non-ortho nitro benzene ring substituents is 1. The molecule has 0 aliphatic carbocycles. The summed E-state index contributed by atoms with van der Waals surface area (Å²) in [5, 5.41) is 10.6. The van der Waals surface area contributed by atoms with Crippen LogP contribution in [0.1, 0.15) is 17.3 Å². The van der Waals surface area contributed by atoms with Gasteiger partial charge in [0.25, 0.3) is 11.6 Å². The van der Waals surface area contributed by atoms with E-state index in [0.717, 1.165) is 0 Å². The number of nitro groups is 1. The van der Waals surface area contributed by atoms with E-state index in [1.165, 1.54) is 18.2 Å². The highest BCUT2D eigenvalue weighted by molar-refractivity contribution is 9.10. The monoisotopic (exact) mass is 288 g/mol. The van der Waals surface area contributed by atoms with Crippen LogP contribution in [0.3, 0.4) is 0 Å². The van der Waals surface area contributed by atoms with Crippen molar-refractivity contribution in [1.82, 2.24) is 5.48 Å².